The smallest absolute Gasteiger partial charge is 0.308 e. The summed E-state index contributed by atoms with van der Waals surface area (Å²) < 4.78 is 10.9. The molecule has 0 amide bonds. The lowest BCUT2D eigenvalue weighted by molar-refractivity contribution is -0.131. The van der Waals surface area contributed by atoms with Gasteiger partial charge in [0, 0.05) is 12.3 Å². The second-order valence-electron chi connectivity index (χ2n) is 8.58. The minimum absolute atomic E-state index is 0.0199. The Balaban J connectivity index is 2.22. The number of ether oxygens (including phenoxy) is 2. The van der Waals surface area contributed by atoms with E-state index in [1.165, 1.54) is 23.6 Å². The number of carbonyl (C=O) groups excluding carboxylic acids is 1. The Bertz CT molecular complexity index is 910. The maximum Gasteiger partial charge on any atom is 0.308 e. The molecule has 0 bridgehead atoms. The third kappa shape index (κ3) is 2.84. The number of methoxy groups -OCH3 is 1. The molecule has 27 heavy (non-hydrogen) atoms. The van der Waals surface area contributed by atoms with Gasteiger partial charge in [0.1, 0.15) is 11.5 Å². The molecule has 2 atom stereocenters. The van der Waals surface area contributed by atoms with Crippen molar-refractivity contribution < 1.29 is 14.3 Å². The van der Waals surface area contributed by atoms with Gasteiger partial charge in [-0.25, -0.2) is 0 Å². The molecule has 0 heterocycles. The van der Waals surface area contributed by atoms with Crippen molar-refractivity contribution in [3.05, 3.63) is 58.1 Å². The van der Waals surface area contributed by atoms with Gasteiger partial charge in [-0.15, -0.1) is 0 Å². The third-order valence-electron chi connectivity index (χ3n) is 6.76. The molecule has 0 fully saturated rings. The van der Waals surface area contributed by atoms with Gasteiger partial charge in [-0.2, -0.15) is 0 Å². The van der Waals surface area contributed by atoms with Crippen molar-refractivity contribution in [2.75, 3.05) is 7.11 Å². The summed E-state index contributed by atoms with van der Waals surface area (Å²) in [6, 6.07) is 10.5. The molecule has 0 spiro atoms. The number of hydrogen-bond acceptors (Lipinski definition) is 3. The van der Waals surface area contributed by atoms with Crippen LogP contribution in [-0.4, -0.2) is 13.1 Å². The Kier molecular flexibility index (Phi) is 4.62. The number of benzene rings is 2. The van der Waals surface area contributed by atoms with Crippen molar-refractivity contribution in [3.63, 3.8) is 0 Å². The monoisotopic (exact) mass is 366 g/mol. The number of carbonyl (C=O) groups is 1. The van der Waals surface area contributed by atoms with E-state index in [2.05, 4.69) is 59.7 Å². The van der Waals surface area contributed by atoms with E-state index in [4.69, 9.17) is 9.47 Å². The maximum absolute atomic E-state index is 11.3. The Morgan fingerprint density at radius 1 is 0.963 bits per heavy atom. The van der Waals surface area contributed by atoms with Crippen molar-refractivity contribution >= 4 is 5.97 Å². The summed E-state index contributed by atoms with van der Waals surface area (Å²) in [5.41, 5.74) is 6.18. The van der Waals surface area contributed by atoms with Gasteiger partial charge < -0.3 is 9.47 Å². The molecule has 0 saturated carbocycles. The van der Waals surface area contributed by atoms with Gasteiger partial charge in [0.2, 0.25) is 0 Å². The summed E-state index contributed by atoms with van der Waals surface area (Å²) in [6.45, 7) is 14.9. The van der Waals surface area contributed by atoms with E-state index >= 15 is 0 Å². The summed E-state index contributed by atoms with van der Waals surface area (Å²) in [5, 5.41) is 0. The van der Waals surface area contributed by atoms with Gasteiger partial charge >= 0.3 is 5.97 Å². The average molecular weight is 367 g/mol. The molecular weight excluding hydrogens is 336 g/mol. The quantitative estimate of drug-likeness (QED) is 0.534. The van der Waals surface area contributed by atoms with E-state index in [0.717, 1.165) is 16.9 Å². The second kappa shape index (κ2) is 6.40. The molecule has 0 aromatic heterocycles. The van der Waals surface area contributed by atoms with Gasteiger partial charge in [-0.05, 0) is 71.2 Å². The minimum atomic E-state index is -0.295. The van der Waals surface area contributed by atoms with Gasteiger partial charge in [0.15, 0.2) is 0 Å². The molecule has 2 aromatic carbocycles. The van der Waals surface area contributed by atoms with Crippen LogP contribution in [0.2, 0.25) is 0 Å². The van der Waals surface area contributed by atoms with Crippen molar-refractivity contribution in [2.45, 2.75) is 59.3 Å². The van der Waals surface area contributed by atoms with Crippen molar-refractivity contribution in [3.8, 4) is 11.5 Å². The van der Waals surface area contributed by atoms with Gasteiger partial charge in [-0.3, -0.25) is 4.79 Å². The molecule has 1 aliphatic rings. The Morgan fingerprint density at radius 3 is 2.19 bits per heavy atom. The van der Waals surface area contributed by atoms with Gasteiger partial charge in [-0.1, -0.05) is 39.8 Å². The number of rotatable bonds is 3. The topological polar surface area (TPSA) is 35.5 Å². The molecule has 2 unspecified atom stereocenters. The summed E-state index contributed by atoms with van der Waals surface area (Å²) in [5.74, 6) is 1.64. The third-order valence-corrected chi connectivity index (χ3v) is 6.76. The predicted octanol–water partition coefficient (Wildman–Crippen LogP) is 5.47. The highest BCUT2D eigenvalue weighted by Gasteiger charge is 2.52. The highest BCUT2D eigenvalue weighted by Crippen LogP contribution is 2.58. The minimum Gasteiger partial charge on any atom is -0.496 e. The zero-order chi connectivity index (χ0) is 20.1. The molecule has 0 N–H and O–H groups in total. The summed E-state index contributed by atoms with van der Waals surface area (Å²) in [7, 11) is 1.73. The molecule has 0 radical (unpaired) electrons. The van der Waals surface area contributed by atoms with Crippen LogP contribution in [0.3, 0.4) is 0 Å². The standard InChI is InChI=1S/C24H30O3/c1-14-11-18(27-17(4)25)9-10-19(14)24(7)16(3)23(5,6)20-13-22(26-8)15(2)12-21(20)24/h9-13,16H,1-8H3. The molecule has 3 nitrogen and oxygen atoms in total. The lowest BCUT2D eigenvalue weighted by Crippen LogP contribution is -2.35. The van der Waals surface area contributed by atoms with E-state index in [0.29, 0.717) is 11.7 Å². The highest BCUT2D eigenvalue weighted by molar-refractivity contribution is 5.69. The molecule has 0 saturated heterocycles. The lowest BCUT2D eigenvalue weighted by atomic mass is 9.66. The zero-order valence-electron chi connectivity index (χ0n) is 17.7. The van der Waals surface area contributed by atoms with E-state index in [1.54, 1.807) is 7.11 Å². The van der Waals surface area contributed by atoms with Crippen LogP contribution in [0.15, 0.2) is 30.3 Å². The Morgan fingerprint density at radius 2 is 1.63 bits per heavy atom. The average Bonchev–Trinajstić information content (AvgIpc) is 2.72. The number of fused-ring (bicyclic) bond motifs is 1. The fourth-order valence-electron chi connectivity index (χ4n) is 4.89. The normalized spacial score (nSPS) is 23.0. The largest absolute Gasteiger partial charge is 0.496 e. The summed E-state index contributed by atoms with van der Waals surface area (Å²) in [6.07, 6.45) is 0. The lowest BCUT2D eigenvalue weighted by Gasteiger charge is -2.37. The van der Waals surface area contributed by atoms with Crippen molar-refractivity contribution in [1.29, 1.82) is 0 Å². The van der Waals surface area contributed by atoms with Gasteiger partial charge in [0.05, 0.1) is 7.11 Å². The van der Waals surface area contributed by atoms with Crippen LogP contribution < -0.4 is 9.47 Å². The van der Waals surface area contributed by atoms with Crippen LogP contribution in [0.25, 0.3) is 0 Å². The van der Waals surface area contributed by atoms with E-state index < -0.39 is 0 Å². The van der Waals surface area contributed by atoms with Crippen LogP contribution >= 0.6 is 0 Å². The first-order chi connectivity index (χ1) is 12.5. The molecule has 0 aliphatic heterocycles. The van der Waals surface area contributed by atoms with Crippen LogP contribution in [0, 0.1) is 19.8 Å². The number of esters is 1. The molecule has 144 valence electrons. The Labute approximate surface area is 162 Å². The zero-order valence-corrected chi connectivity index (χ0v) is 17.7. The van der Waals surface area contributed by atoms with Crippen molar-refractivity contribution in [2.24, 2.45) is 5.92 Å². The molecule has 2 aromatic rings. The van der Waals surface area contributed by atoms with Crippen LogP contribution in [0.1, 0.15) is 62.4 Å². The van der Waals surface area contributed by atoms with Crippen LogP contribution in [0.4, 0.5) is 0 Å². The summed E-state index contributed by atoms with van der Waals surface area (Å²) >= 11 is 0. The number of hydrogen-bond donors (Lipinski definition) is 0. The molecule has 3 rings (SSSR count). The first-order valence-electron chi connectivity index (χ1n) is 9.52. The van der Waals surface area contributed by atoms with Crippen LogP contribution in [-0.2, 0) is 15.6 Å². The predicted molar refractivity (Wildman–Crippen MR) is 109 cm³/mol. The van der Waals surface area contributed by atoms with Crippen molar-refractivity contribution in [1.82, 2.24) is 0 Å². The molecule has 3 heteroatoms. The fourth-order valence-corrected chi connectivity index (χ4v) is 4.89. The van der Waals surface area contributed by atoms with Crippen LogP contribution in [0.5, 0.6) is 11.5 Å². The second-order valence-corrected chi connectivity index (χ2v) is 8.58. The van der Waals surface area contributed by atoms with E-state index in [1.807, 2.05) is 12.1 Å². The number of aryl methyl sites for hydroxylation is 2. The first kappa shape index (κ1) is 19.5. The highest BCUT2D eigenvalue weighted by atomic mass is 16.5. The Hall–Kier alpha value is -2.29. The molecular formula is C24H30O3. The first-order valence-corrected chi connectivity index (χ1v) is 9.52. The van der Waals surface area contributed by atoms with E-state index in [-0.39, 0.29) is 16.8 Å². The SMILES string of the molecule is COc1cc2c(cc1C)C(C)(c1ccc(OC(C)=O)cc1C)C(C)C2(C)C. The van der Waals surface area contributed by atoms with E-state index in [9.17, 15) is 4.79 Å². The molecule has 1 aliphatic carbocycles. The maximum atomic E-state index is 11.3. The fraction of sp³-hybridized carbons (Fsp3) is 0.458. The van der Waals surface area contributed by atoms with Gasteiger partial charge in [0.25, 0.3) is 0 Å². The summed E-state index contributed by atoms with van der Waals surface area (Å²) in [4.78, 5) is 11.3.